The molecule has 0 aliphatic carbocycles. The molecule has 0 bridgehead atoms. The van der Waals surface area contributed by atoms with E-state index in [0.717, 1.165) is 29.7 Å². The first kappa shape index (κ1) is 19.4. The first-order valence-electron chi connectivity index (χ1n) is 8.88. The molecule has 0 atom stereocenters. The van der Waals surface area contributed by atoms with Gasteiger partial charge in [0.1, 0.15) is 11.3 Å². The third kappa shape index (κ3) is 4.15. The van der Waals surface area contributed by atoms with Gasteiger partial charge in [0.25, 0.3) is 0 Å². The lowest BCUT2D eigenvalue weighted by atomic mass is 10.1. The fourth-order valence-electron chi connectivity index (χ4n) is 3.24. The molecular formula is C21H23ClN2O3. The van der Waals surface area contributed by atoms with Crippen molar-refractivity contribution in [1.29, 1.82) is 0 Å². The number of pyridine rings is 1. The fraction of sp³-hybridized carbons (Fsp3) is 0.333. The average Bonchev–Trinajstić information content (AvgIpc) is 2.96. The van der Waals surface area contributed by atoms with Gasteiger partial charge in [0.2, 0.25) is 5.78 Å². The largest absolute Gasteiger partial charge is 0.483 e. The number of Topliss-reactive ketones (excluding diaryl/α,β-unsaturated/α-hetero) is 1. The van der Waals surface area contributed by atoms with Gasteiger partial charge in [0.05, 0.1) is 5.02 Å². The predicted octanol–water partition coefficient (Wildman–Crippen LogP) is 4.60. The summed E-state index contributed by atoms with van der Waals surface area (Å²) in [4.78, 5) is 17.1. The molecule has 3 aromatic rings. The molecule has 0 unspecified atom stereocenters. The minimum absolute atomic E-state index is 0.0460. The summed E-state index contributed by atoms with van der Waals surface area (Å²) in [6.45, 7) is 5.45. The van der Waals surface area contributed by atoms with E-state index in [-0.39, 0.29) is 12.4 Å². The van der Waals surface area contributed by atoms with Crippen molar-refractivity contribution in [3.8, 4) is 5.75 Å². The third-order valence-corrected chi connectivity index (χ3v) is 4.97. The maximum absolute atomic E-state index is 12.7. The standard InChI is InChI=1S/C21H23ClN2O3/c1-14-12-17(15(2)24(14)10-5-11-26-3)19(25)13-27-20-8-7-18(22)16-6-4-9-23-21(16)20/h4,6-9,12H,5,10-11,13H2,1-3H3. The average molecular weight is 387 g/mol. The van der Waals surface area contributed by atoms with Gasteiger partial charge in [0.15, 0.2) is 6.61 Å². The van der Waals surface area contributed by atoms with Gasteiger partial charge >= 0.3 is 0 Å². The highest BCUT2D eigenvalue weighted by Gasteiger charge is 2.17. The van der Waals surface area contributed by atoms with E-state index in [4.69, 9.17) is 21.1 Å². The van der Waals surface area contributed by atoms with Crippen LogP contribution in [0.2, 0.25) is 5.02 Å². The molecule has 0 aliphatic heterocycles. The molecule has 5 nitrogen and oxygen atoms in total. The first-order valence-corrected chi connectivity index (χ1v) is 9.25. The summed E-state index contributed by atoms with van der Waals surface area (Å²) in [6.07, 6.45) is 2.58. The molecule has 1 aromatic carbocycles. The lowest BCUT2D eigenvalue weighted by Crippen LogP contribution is -2.13. The van der Waals surface area contributed by atoms with Gasteiger partial charge in [0, 0.05) is 48.8 Å². The topological polar surface area (TPSA) is 53.4 Å². The van der Waals surface area contributed by atoms with Crippen LogP contribution in [0.1, 0.15) is 28.2 Å². The summed E-state index contributed by atoms with van der Waals surface area (Å²) in [5, 5.41) is 1.41. The second-order valence-electron chi connectivity index (χ2n) is 6.44. The number of aryl methyl sites for hydroxylation is 1. The van der Waals surface area contributed by atoms with Crippen molar-refractivity contribution in [3.05, 3.63) is 58.5 Å². The Kier molecular flexibility index (Phi) is 6.14. The monoisotopic (exact) mass is 386 g/mol. The van der Waals surface area contributed by atoms with Crippen LogP contribution < -0.4 is 4.74 Å². The Morgan fingerprint density at radius 1 is 1.26 bits per heavy atom. The fourth-order valence-corrected chi connectivity index (χ4v) is 3.46. The minimum atomic E-state index is -0.0554. The zero-order valence-electron chi connectivity index (χ0n) is 15.8. The van der Waals surface area contributed by atoms with Crippen LogP contribution in [0.4, 0.5) is 0 Å². The summed E-state index contributed by atoms with van der Waals surface area (Å²) >= 11 is 6.21. The van der Waals surface area contributed by atoms with Crippen LogP contribution in [0.15, 0.2) is 36.5 Å². The van der Waals surface area contributed by atoms with E-state index in [2.05, 4.69) is 9.55 Å². The number of methoxy groups -OCH3 is 1. The highest BCUT2D eigenvalue weighted by Crippen LogP contribution is 2.29. The zero-order valence-corrected chi connectivity index (χ0v) is 16.5. The normalized spacial score (nSPS) is 11.1. The number of benzene rings is 1. The molecule has 0 aliphatic rings. The Morgan fingerprint density at radius 3 is 2.85 bits per heavy atom. The highest BCUT2D eigenvalue weighted by atomic mass is 35.5. The molecule has 2 aromatic heterocycles. The molecule has 27 heavy (non-hydrogen) atoms. The van der Waals surface area contributed by atoms with Gasteiger partial charge in [-0.25, -0.2) is 0 Å². The maximum atomic E-state index is 12.7. The van der Waals surface area contributed by atoms with Crippen LogP contribution in [0.5, 0.6) is 5.75 Å². The number of carbonyl (C=O) groups excluding carboxylic acids is 1. The molecule has 0 saturated carbocycles. The molecule has 3 rings (SSSR count). The van der Waals surface area contributed by atoms with Crippen LogP contribution >= 0.6 is 11.6 Å². The van der Waals surface area contributed by atoms with Gasteiger partial charge in [-0.05, 0) is 50.6 Å². The Morgan fingerprint density at radius 2 is 2.07 bits per heavy atom. The molecule has 0 N–H and O–H groups in total. The second-order valence-corrected chi connectivity index (χ2v) is 6.85. The van der Waals surface area contributed by atoms with E-state index >= 15 is 0 Å². The van der Waals surface area contributed by atoms with Crippen molar-refractivity contribution in [2.75, 3.05) is 20.3 Å². The highest BCUT2D eigenvalue weighted by molar-refractivity contribution is 6.35. The Balaban J connectivity index is 1.75. The molecule has 142 valence electrons. The van der Waals surface area contributed by atoms with E-state index in [1.54, 1.807) is 25.4 Å². The minimum Gasteiger partial charge on any atom is -0.483 e. The number of halogens is 1. The van der Waals surface area contributed by atoms with Gasteiger partial charge in [-0.1, -0.05) is 11.6 Å². The summed E-state index contributed by atoms with van der Waals surface area (Å²) in [5.41, 5.74) is 3.36. The number of hydrogen-bond acceptors (Lipinski definition) is 4. The van der Waals surface area contributed by atoms with Crippen molar-refractivity contribution < 1.29 is 14.3 Å². The Labute approximate surface area is 163 Å². The molecule has 0 fully saturated rings. The van der Waals surface area contributed by atoms with Crippen molar-refractivity contribution in [1.82, 2.24) is 9.55 Å². The van der Waals surface area contributed by atoms with Crippen LogP contribution in [0, 0.1) is 13.8 Å². The smallest absolute Gasteiger partial charge is 0.202 e. The lowest BCUT2D eigenvalue weighted by molar-refractivity contribution is 0.0921. The van der Waals surface area contributed by atoms with Crippen molar-refractivity contribution >= 4 is 28.3 Å². The van der Waals surface area contributed by atoms with Crippen molar-refractivity contribution in [2.24, 2.45) is 0 Å². The Hall–Kier alpha value is -2.37. The number of ketones is 1. The number of carbonyl (C=O) groups is 1. The van der Waals surface area contributed by atoms with E-state index in [1.807, 2.05) is 32.0 Å². The lowest BCUT2D eigenvalue weighted by Gasteiger charge is -2.10. The number of rotatable bonds is 8. The van der Waals surface area contributed by atoms with Gasteiger partial charge in [-0.3, -0.25) is 9.78 Å². The van der Waals surface area contributed by atoms with E-state index in [9.17, 15) is 4.79 Å². The molecule has 2 heterocycles. The number of nitrogens with zero attached hydrogens (tertiary/aromatic N) is 2. The van der Waals surface area contributed by atoms with Crippen molar-refractivity contribution in [3.63, 3.8) is 0 Å². The van der Waals surface area contributed by atoms with E-state index in [1.165, 1.54) is 0 Å². The quantitative estimate of drug-likeness (QED) is 0.419. The summed E-state index contributed by atoms with van der Waals surface area (Å²) in [5.74, 6) is 0.498. The van der Waals surface area contributed by atoms with Crippen molar-refractivity contribution in [2.45, 2.75) is 26.8 Å². The SMILES string of the molecule is COCCCn1c(C)cc(C(=O)COc2ccc(Cl)c3cccnc23)c1C. The summed E-state index contributed by atoms with van der Waals surface area (Å²) in [7, 11) is 1.69. The molecule has 0 radical (unpaired) electrons. The summed E-state index contributed by atoms with van der Waals surface area (Å²) < 4.78 is 13.1. The molecule has 6 heteroatoms. The van der Waals surface area contributed by atoms with Crippen LogP contribution in [0.3, 0.4) is 0 Å². The van der Waals surface area contributed by atoms with Crippen LogP contribution in [-0.4, -0.2) is 35.7 Å². The molecule has 0 amide bonds. The molecular weight excluding hydrogens is 364 g/mol. The molecule has 0 saturated heterocycles. The maximum Gasteiger partial charge on any atom is 0.202 e. The number of aromatic nitrogens is 2. The van der Waals surface area contributed by atoms with Crippen LogP contribution in [0.25, 0.3) is 10.9 Å². The van der Waals surface area contributed by atoms with E-state index < -0.39 is 0 Å². The second kappa shape index (κ2) is 8.55. The van der Waals surface area contributed by atoms with Gasteiger partial charge in [-0.15, -0.1) is 0 Å². The first-order chi connectivity index (χ1) is 13.0. The molecule has 0 spiro atoms. The van der Waals surface area contributed by atoms with Gasteiger partial charge in [-0.2, -0.15) is 0 Å². The Bertz CT molecular complexity index is 965. The number of ether oxygens (including phenoxy) is 2. The van der Waals surface area contributed by atoms with Crippen LogP contribution in [-0.2, 0) is 11.3 Å². The third-order valence-electron chi connectivity index (χ3n) is 4.64. The summed E-state index contributed by atoms with van der Waals surface area (Å²) in [6, 6.07) is 9.13. The number of fused-ring (bicyclic) bond motifs is 1. The van der Waals surface area contributed by atoms with E-state index in [0.29, 0.717) is 28.5 Å². The number of hydrogen-bond donors (Lipinski definition) is 0. The zero-order chi connectivity index (χ0) is 19.4. The predicted molar refractivity (Wildman–Crippen MR) is 107 cm³/mol. The van der Waals surface area contributed by atoms with Gasteiger partial charge < -0.3 is 14.0 Å².